The maximum Gasteiger partial charge on any atom is 1.00 e. The number of nitrogens with zero attached hydrogens (tertiary/aromatic N) is 3. The SMILES string of the molecule is Nn1[nH]nnc1=S.[H-].[Na+]. The van der Waals surface area contributed by atoms with E-state index in [2.05, 4.69) is 27.7 Å². The largest absolute Gasteiger partial charge is 1.00 e. The van der Waals surface area contributed by atoms with Gasteiger partial charge < -0.3 is 7.27 Å². The molecule has 0 saturated heterocycles. The Morgan fingerprint density at radius 3 is 2.62 bits per heavy atom. The number of aromatic nitrogens is 4. The van der Waals surface area contributed by atoms with Crippen LogP contribution in [0.2, 0.25) is 0 Å². The van der Waals surface area contributed by atoms with Crippen LogP contribution in [0.4, 0.5) is 0 Å². The first-order valence-corrected chi connectivity index (χ1v) is 1.96. The van der Waals surface area contributed by atoms with Crippen molar-refractivity contribution in [2.45, 2.75) is 0 Å². The molecular weight excluding hydrogens is 137 g/mol. The van der Waals surface area contributed by atoms with Crippen LogP contribution in [0, 0.1) is 4.77 Å². The Morgan fingerprint density at radius 1 is 1.88 bits per heavy atom. The predicted molar refractivity (Wildman–Crippen MR) is 26.5 cm³/mol. The van der Waals surface area contributed by atoms with Crippen LogP contribution in [0.1, 0.15) is 1.43 Å². The van der Waals surface area contributed by atoms with Crippen LogP contribution in [0.3, 0.4) is 0 Å². The summed E-state index contributed by atoms with van der Waals surface area (Å²) in [5.41, 5.74) is 0. The number of rotatable bonds is 0. The van der Waals surface area contributed by atoms with Crippen molar-refractivity contribution in [3.05, 3.63) is 4.77 Å². The molecular formula is CH4N5NaS. The van der Waals surface area contributed by atoms with Gasteiger partial charge in [0.2, 0.25) is 0 Å². The monoisotopic (exact) mass is 141 g/mol. The molecule has 0 aliphatic rings. The van der Waals surface area contributed by atoms with Gasteiger partial charge in [0, 0.05) is 0 Å². The van der Waals surface area contributed by atoms with Gasteiger partial charge in [-0.15, -0.1) is 0 Å². The van der Waals surface area contributed by atoms with Crippen LogP contribution in [0.25, 0.3) is 0 Å². The molecule has 0 unspecified atom stereocenters. The molecule has 0 fully saturated rings. The summed E-state index contributed by atoms with van der Waals surface area (Å²) in [5.74, 6) is 5.07. The number of nitrogens with two attached hydrogens (primary N) is 1. The topological polar surface area (TPSA) is 72.5 Å². The Morgan fingerprint density at radius 2 is 2.50 bits per heavy atom. The van der Waals surface area contributed by atoms with Crippen LogP contribution in [-0.4, -0.2) is 20.3 Å². The Kier molecular flexibility index (Phi) is 3.22. The number of nitrogen functional groups attached to an aromatic ring is 1. The van der Waals surface area contributed by atoms with Crippen molar-refractivity contribution in [2.24, 2.45) is 0 Å². The smallest absolute Gasteiger partial charge is 1.00 e. The van der Waals surface area contributed by atoms with Gasteiger partial charge in [0.15, 0.2) is 0 Å². The number of H-pyrrole nitrogens is 1. The van der Waals surface area contributed by atoms with E-state index in [-0.39, 0.29) is 35.8 Å². The summed E-state index contributed by atoms with van der Waals surface area (Å²) < 4.78 is 0.250. The number of hydrogen-bond donors (Lipinski definition) is 2. The normalized spacial score (nSPS) is 8.00. The van der Waals surface area contributed by atoms with Gasteiger partial charge in [-0.25, -0.2) is 0 Å². The third kappa shape index (κ3) is 1.55. The van der Waals surface area contributed by atoms with E-state index in [4.69, 9.17) is 5.84 Å². The summed E-state index contributed by atoms with van der Waals surface area (Å²) in [6.07, 6.45) is 0. The third-order valence-corrected chi connectivity index (χ3v) is 0.772. The molecule has 1 heterocycles. The molecule has 0 aromatic carbocycles. The van der Waals surface area contributed by atoms with Crippen molar-refractivity contribution in [1.29, 1.82) is 0 Å². The summed E-state index contributed by atoms with van der Waals surface area (Å²) in [5, 5.41) is 8.94. The number of aromatic amines is 1. The van der Waals surface area contributed by atoms with Crippen LogP contribution >= 0.6 is 12.2 Å². The van der Waals surface area contributed by atoms with Crippen molar-refractivity contribution >= 4 is 12.2 Å². The molecule has 0 aliphatic carbocycles. The van der Waals surface area contributed by atoms with E-state index in [1.54, 1.807) is 0 Å². The molecule has 0 bridgehead atoms. The van der Waals surface area contributed by atoms with Gasteiger partial charge in [0.05, 0.1) is 0 Å². The molecule has 0 amide bonds. The molecule has 8 heavy (non-hydrogen) atoms. The zero-order chi connectivity index (χ0) is 5.28. The van der Waals surface area contributed by atoms with Gasteiger partial charge in [-0.05, 0) is 17.4 Å². The van der Waals surface area contributed by atoms with E-state index in [0.717, 1.165) is 4.79 Å². The fraction of sp³-hybridized carbons (Fsp3) is 0. The van der Waals surface area contributed by atoms with Crippen molar-refractivity contribution in [2.75, 3.05) is 5.84 Å². The minimum Gasteiger partial charge on any atom is -1.00 e. The summed E-state index contributed by atoms with van der Waals surface area (Å²) in [6, 6.07) is 0. The average molecular weight is 141 g/mol. The Labute approximate surface area is 74.0 Å². The van der Waals surface area contributed by atoms with Crippen molar-refractivity contribution in [3.63, 3.8) is 0 Å². The van der Waals surface area contributed by atoms with Crippen LogP contribution in [-0.2, 0) is 0 Å². The molecule has 0 aliphatic heterocycles. The Balaban J connectivity index is 0. The minimum atomic E-state index is 0. The van der Waals surface area contributed by atoms with Gasteiger partial charge in [0.25, 0.3) is 4.77 Å². The zero-order valence-electron chi connectivity index (χ0n) is 5.33. The molecule has 1 rings (SSSR count). The molecule has 3 N–H and O–H groups in total. The molecule has 1 aromatic heterocycles. The second-order valence-electron chi connectivity index (χ2n) is 0.953. The number of nitrogens with one attached hydrogen (secondary N) is 1. The summed E-state index contributed by atoms with van der Waals surface area (Å²) >= 11 is 4.52. The molecule has 1 aromatic rings. The Hall–Kier alpha value is 0.0900. The van der Waals surface area contributed by atoms with E-state index < -0.39 is 0 Å². The first kappa shape index (κ1) is 8.09. The zero-order valence-corrected chi connectivity index (χ0v) is 7.14. The van der Waals surface area contributed by atoms with Gasteiger partial charge in [-0.3, -0.25) is 0 Å². The number of hydrogen-bond acceptors (Lipinski definition) is 4. The van der Waals surface area contributed by atoms with Crippen LogP contribution in [0.15, 0.2) is 0 Å². The summed E-state index contributed by atoms with van der Waals surface area (Å²) in [6.45, 7) is 0. The molecule has 0 saturated carbocycles. The van der Waals surface area contributed by atoms with Gasteiger partial charge >= 0.3 is 29.6 Å². The minimum absolute atomic E-state index is 0. The molecule has 0 radical (unpaired) electrons. The van der Waals surface area contributed by atoms with Gasteiger partial charge in [-0.1, -0.05) is 5.10 Å². The molecule has 5 nitrogen and oxygen atoms in total. The quantitative estimate of drug-likeness (QED) is 0.220. The van der Waals surface area contributed by atoms with Crippen LogP contribution in [0.5, 0.6) is 0 Å². The van der Waals surface area contributed by atoms with Crippen molar-refractivity contribution in [3.8, 4) is 0 Å². The first-order valence-electron chi connectivity index (χ1n) is 1.56. The first-order chi connectivity index (χ1) is 3.30. The van der Waals surface area contributed by atoms with Gasteiger partial charge in [0.1, 0.15) is 0 Å². The van der Waals surface area contributed by atoms with Crippen molar-refractivity contribution < 1.29 is 31.0 Å². The summed E-state index contributed by atoms with van der Waals surface area (Å²) in [7, 11) is 0. The van der Waals surface area contributed by atoms with E-state index in [9.17, 15) is 0 Å². The predicted octanol–water partition coefficient (Wildman–Crippen LogP) is -3.83. The fourth-order valence-corrected chi connectivity index (χ4v) is 0.286. The maximum atomic E-state index is 5.07. The second kappa shape index (κ2) is 3.18. The van der Waals surface area contributed by atoms with Gasteiger partial charge in [-0.2, -0.15) is 10.0 Å². The third-order valence-electron chi connectivity index (χ3n) is 0.494. The maximum absolute atomic E-state index is 5.07. The molecule has 7 heteroatoms. The van der Waals surface area contributed by atoms with E-state index in [0.29, 0.717) is 0 Å². The van der Waals surface area contributed by atoms with Crippen LogP contribution < -0.4 is 35.4 Å². The second-order valence-corrected chi connectivity index (χ2v) is 1.32. The molecule has 40 valence electrons. The summed E-state index contributed by atoms with van der Waals surface area (Å²) in [4.78, 5) is 1.05. The van der Waals surface area contributed by atoms with E-state index >= 15 is 0 Å². The fourth-order valence-electron chi connectivity index (χ4n) is 0.204. The standard InChI is InChI=1S/CH3N5S.Na.H/c2-6-1(7)3-4-5-6;;/h2H2,(H,3,5,7);;/q;+1;-1. The number of tetrazole rings is 1. The average Bonchev–Trinajstić information content (AvgIpc) is 1.91. The molecule has 0 spiro atoms. The Bertz CT molecular complexity index is 205. The van der Waals surface area contributed by atoms with E-state index in [1.165, 1.54) is 0 Å². The molecule has 0 atom stereocenters. The van der Waals surface area contributed by atoms with Crippen molar-refractivity contribution in [1.82, 2.24) is 20.3 Å². The van der Waals surface area contributed by atoms with E-state index in [1.807, 2.05) is 0 Å².